The molecular formula is C22H26ClNO2. The molecule has 138 valence electrons. The molecule has 1 aliphatic rings. The van der Waals surface area contributed by atoms with Crippen LogP contribution in [-0.4, -0.2) is 12.0 Å². The zero-order valence-electron chi connectivity index (χ0n) is 15.4. The summed E-state index contributed by atoms with van der Waals surface area (Å²) in [4.78, 5) is 12.7. The van der Waals surface area contributed by atoms with Crippen molar-refractivity contribution in [2.45, 2.75) is 58.1 Å². The molecule has 1 amide bonds. The Morgan fingerprint density at radius 1 is 1.12 bits per heavy atom. The number of aryl methyl sites for hydroxylation is 2. The van der Waals surface area contributed by atoms with Gasteiger partial charge in [-0.3, -0.25) is 4.79 Å². The Balaban J connectivity index is 1.64. The fraction of sp³-hybridized carbons (Fsp3) is 0.409. The summed E-state index contributed by atoms with van der Waals surface area (Å²) in [6.07, 6.45) is 4.93. The average molecular weight is 372 g/mol. The molecule has 1 aliphatic carbocycles. The highest BCUT2D eigenvalue weighted by molar-refractivity contribution is 6.30. The van der Waals surface area contributed by atoms with Gasteiger partial charge >= 0.3 is 0 Å². The molecule has 2 aromatic carbocycles. The molecule has 0 saturated carbocycles. The van der Waals surface area contributed by atoms with Crippen LogP contribution in [0.4, 0.5) is 0 Å². The van der Waals surface area contributed by atoms with Gasteiger partial charge in [-0.05, 0) is 80.0 Å². The zero-order chi connectivity index (χ0) is 18.5. The maximum absolute atomic E-state index is 12.7. The quantitative estimate of drug-likeness (QED) is 0.752. The van der Waals surface area contributed by atoms with Crippen molar-refractivity contribution in [1.82, 2.24) is 5.32 Å². The van der Waals surface area contributed by atoms with E-state index in [1.807, 2.05) is 13.8 Å². The Hall–Kier alpha value is -2.00. The summed E-state index contributed by atoms with van der Waals surface area (Å²) in [5.74, 6) is 0.561. The Labute approximate surface area is 160 Å². The molecule has 0 radical (unpaired) electrons. The lowest BCUT2D eigenvalue weighted by atomic mass is 9.89. The van der Waals surface area contributed by atoms with Gasteiger partial charge in [-0.15, -0.1) is 0 Å². The van der Waals surface area contributed by atoms with Crippen LogP contribution in [0.5, 0.6) is 5.75 Å². The SMILES string of the molecule is CC[C@H](Oc1ccc(Cl)cc1)C(=O)N[C@@H](C)c1ccc2c(c1)CCCC2. The highest BCUT2D eigenvalue weighted by Crippen LogP contribution is 2.25. The van der Waals surface area contributed by atoms with Crippen LogP contribution in [0, 0.1) is 0 Å². The first-order valence-electron chi connectivity index (χ1n) is 9.41. The van der Waals surface area contributed by atoms with E-state index in [9.17, 15) is 4.79 Å². The summed E-state index contributed by atoms with van der Waals surface area (Å²) < 4.78 is 5.84. The van der Waals surface area contributed by atoms with Gasteiger partial charge in [0.2, 0.25) is 0 Å². The summed E-state index contributed by atoms with van der Waals surface area (Å²) in [5, 5.41) is 3.74. The summed E-state index contributed by atoms with van der Waals surface area (Å²) in [6.45, 7) is 3.97. The van der Waals surface area contributed by atoms with Crippen LogP contribution in [-0.2, 0) is 17.6 Å². The van der Waals surface area contributed by atoms with Gasteiger partial charge in [-0.25, -0.2) is 0 Å². The van der Waals surface area contributed by atoms with Crippen LogP contribution in [0.25, 0.3) is 0 Å². The number of ether oxygens (including phenoxy) is 1. The first-order chi connectivity index (χ1) is 12.6. The number of halogens is 1. The van der Waals surface area contributed by atoms with Crippen LogP contribution in [0.2, 0.25) is 5.02 Å². The van der Waals surface area contributed by atoms with E-state index >= 15 is 0 Å². The molecule has 0 saturated heterocycles. The van der Waals surface area contributed by atoms with Gasteiger partial charge in [0.05, 0.1) is 6.04 Å². The lowest BCUT2D eigenvalue weighted by Crippen LogP contribution is -2.39. The molecular weight excluding hydrogens is 346 g/mol. The van der Waals surface area contributed by atoms with E-state index in [1.165, 1.54) is 30.4 Å². The normalized spacial score (nSPS) is 15.7. The second-order valence-corrected chi connectivity index (χ2v) is 7.37. The van der Waals surface area contributed by atoms with Crippen molar-refractivity contribution in [1.29, 1.82) is 0 Å². The number of benzene rings is 2. The Morgan fingerprint density at radius 2 is 1.81 bits per heavy atom. The molecule has 0 unspecified atom stereocenters. The Morgan fingerprint density at radius 3 is 2.50 bits per heavy atom. The number of nitrogens with one attached hydrogen (secondary N) is 1. The molecule has 0 fully saturated rings. The fourth-order valence-corrected chi connectivity index (χ4v) is 3.54. The second kappa shape index (κ2) is 8.59. The van der Waals surface area contributed by atoms with Crippen molar-refractivity contribution in [3.63, 3.8) is 0 Å². The highest BCUT2D eigenvalue weighted by Gasteiger charge is 2.21. The summed E-state index contributed by atoms with van der Waals surface area (Å²) >= 11 is 5.90. The highest BCUT2D eigenvalue weighted by atomic mass is 35.5. The number of amides is 1. The van der Waals surface area contributed by atoms with Crippen molar-refractivity contribution in [3.8, 4) is 5.75 Å². The maximum atomic E-state index is 12.7. The summed E-state index contributed by atoms with van der Waals surface area (Å²) in [7, 11) is 0. The molecule has 3 rings (SSSR count). The van der Waals surface area contributed by atoms with E-state index in [2.05, 4.69) is 23.5 Å². The minimum atomic E-state index is -0.517. The number of carbonyl (C=O) groups excluding carboxylic acids is 1. The molecule has 4 heteroatoms. The number of fused-ring (bicyclic) bond motifs is 1. The molecule has 26 heavy (non-hydrogen) atoms. The van der Waals surface area contributed by atoms with Crippen molar-refractivity contribution in [2.24, 2.45) is 0 Å². The third-order valence-electron chi connectivity index (χ3n) is 4.99. The van der Waals surface area contributed by atoms with Crippen LogP contribution in [0.1, 0.15) is 55.8 Å². The van der Waals surface area contributed by atoms with Crippen LogP contribution >= 0.6 is 11.6 Å². The van der Waals surface area contributed by atoms with Gasteiger partial charge in [0.15, 0.2) is 6.10 Å². The van der Waals surface area contributed by atoms with E-state index in [4.69, 9.17) is 16.3 Å². The molecule has 0 spiro atoms. The third kappa shape index (κ3) is 4.59. The lowest BCUT2D eigenvalue weighted by molar-refractivity contribution is -0.128. The smallest absolute Gasteiger partial charge is 0.261 e. The van der Waals surface area contributed by atoms with Crippen LogP contribution in [0.15, 0.2) is 42.5 Å². The average Bonchev–Trinajstić information content (AvgIpc) is 2.67. The topological polar surface area (TPSA) is 38.3 Å². The van der Waals surface area contributed by atoms with Crippen LogP contribution in [0.3, 0.4) is 0 Å². The molecule has 0 heterocycles. The minimum absolute atomic E-state index is 0.0439. The van der Waals surface area contributed by atoms with Gasteiger partial charge in [-0.2, -0.15) is 0 Å². The molecule has 2 atom stereocenters. The van der Waals surface area contributed by atoms with Gasteiger partial charge < -0.3 is 10.1 Å². The first kappa shape index (κ1) is 18.8. The van der Waals surface area contributed by atoms with Gasteiger partial charge in [-0.1, -0.05) is 36.7 Å². The molecule has 0 aromatic heterocycles. The third-order valence-corrected chi connectivity index (χ3v) is 5.24. The van der Waals surface area contributed by atoms with Gasteiger partial charge in [0, 0.05) is 5.02 Å². The molecule has 1 N–H and O–H groups in total. The van der Waals surface area contributed by atoms with Gasteiger partial charge in [0.25, 0.3) is 5.91 Å². The second-order valence-electron chi connectivity index (χ2n) is 6.93. The first-order valence-corrected chi connectivity index (χ1v) is 9.79. The van der Waals surface area contributed by atoms with Crippen molar-refractivity contribution in [2.75, 3.05) is 0 Å². The number of hydrogen-bond donors (Lipinski definition) is 1. The van der Waals surface area contributed by atoms with E-state index in [0.717, 1.165) is 12.0 Å². The monoisotopic (exact) mass is 371 g/mol. The molecule has 2 aromatic rings. The number of hydrogen-bond acceptors (Lipinski definition) is 2. The van der Waals surface area contributed by atoms with E-state index in [1.54, 1.807) is 24.3 Å². The molecule has 3 nitrogen and oxygen atoms in total. The Kier molecular flexibility index (Phi) is 6.20. The summed E-state index contributed by atoms with van der Waals surface area (Å²) in [6, 6.07) is 13.6. The van der Waals surface area contributed by atoms with Crippen molar-refractivity contribution < 1.29 is 9.53 Å². The predicted octanol–water partition coefficient (Wildman–Crippen LogP) is 5.25. The summed E-state index contributed by atoms with van der Waals surface area (Å²) in [5.41, 5.74) is 4.04. The van der Waals surface area contributed by atoms with E-state index < -0.39 is 6.10 Å². The number of rotatable bonds is 6. The largest absolute Gasteiger partial charge is 0.481 e. The van der Waals surface area contributed by atoms with Gasteiger partial charge in [0.1, 0.15) is 5.75 Å². The predicted molar refractivity (Wildman–Crippen MR) is 106 cm³/mol. The maximum Gasteiger partial charge on any atom is 0.261 e. The molecule has 0 bridgehead atoms. The van der Waals surface area contributed by atoms with Crippen LogP contribution < -0.4 is 10.1 Å². The van der Waals surface area contributed by atoms with E-state index in [0.29, 0.717) is 17.2 Å². The fourth-order valence-electron chi connectivity index (χ4n) is 3.41. The van der Waals surface area contributed by atoms with E-state index in [-0.39, 0.29) is 11.9 Å². The minimum Gasteiger partial charge on any atom is -0.481 e. The standard InChI is InChI=1S/C22H26ClNO2/c1-3-21(26-20-12-10-19(23)11-13-20)22(25)24-15(2)17-9-8-16-6-4-5-7-18(16)14-17/h8-15,21H,3-7H2,1-2H3,(H,24,25)/t15-,21-/m0/s1. The molecule has 0 aliphatic heterocycles. The van der Waals surface area contributed by atoms with Crippen molar-refractivity contribution >= 4 is 17.5 Å². The Bertz CT molecular complexity index is 757. The zero-order valence-corrected chi connectivity index (χ0v) is 16.2. The lowest BCUT2D eigenvalue weighted by Gasteiger charge is -2.22. The van der Waals surface area contributed by atoms with Crippen molar-refractivity contribution in [3.05, 3.63) is 64.2 Å². The number of carbonyl (C=O) groups is 1.